The summed E-state index contributed by atoms with van der Waals surface area (Å²) >= 11 is 0. The number of carbonyl (C=O) groups excluding carboxylic acids is 3. The molecule has 2 saturated heterocycles. The van der Waals surface area contributed by atoms with Crippen molar-refractivity contribution >= 4 is 29.1 Å². The van der Waals surface area contributed by atoms with Crippen LogP contribution in [0.4, 0.5) is 15.8 Å². The number of benzene rings is 2. The number of anilines is 2. The number of fused-ring (bicyclic) bond motifs is 1. The van der Waals surface area contributed by atoms with Crippen molar-refractivity contribution in [2.24, 2.45) is 5.92 Å². The van der Waals surface area contributed by atoms with Gasteiger partial charge < -0.3 is 20.4 Å². The fourth-order valence-electron chi connectivity index (χ4n) is 4.76. The first-order chi connectivity index (χ1) is 15.0. The molecule has 1 atom stereocenters. The average molecular weight is 422 g/mol. The minimum absolute atomic E-state index is 0.0805. The molecule has 3 aliphatic heterocycles. The van der Waals surface area contributed by atoms with Crippen molar-refractivity contribution in [1.29, 1.82) is 0 Å². The van der Waals surface area contributed by atoms with E-state index < -0.39 is 17.4 Å². The van der Waals surface area contributed by atoms with Crippen molar-refractivity contribution in [1.82, 2.24) is 10.2 Å². The zero-order valence-corrected chi connectivity index (χ0v) is 16.9. The van der Waals surface area contributed by atoms with E-state index in [4.69, 9.17) is 0 Å². The lowest BCUT2D eigenvalue weighted by molar-refractivity contribution is -0.137. The number of amides is 3. The molecule has 0 radical (unpaired) electrons. The van der Waals surface area contributed by atoms with Crippen molar-refractivity contribution in [3.63, 3.8) is 0 Å². The Morgan fingerprint density at radius 2 is 1.71 bits per heavy atom. The molecular formula is C23H23FN4O3. The number of para-hydroxylation sites is 2. The Balaban J connectivity index is 1.25. The summed E-state index contributed by atoms with van der Waals surface area (Å²) in [5, 5.41) is 6.51. The van der Waals surface area contributed by atoms with Gasteiger partial charge in [0.15, 0.2) is 0 Å². The summed E-state index contributed by atoms with van der Waals surface area (Å²) in [6.45, 7) is 1.12. The molecule has 160 valence electrons. The second-order valence-electron chi connectivity index (χ2n) is 8.39. The lowest BCUT2D eigenvalue weighted by atomic mass is 9.91. The van der Waals surface area contributed by atoms with Gasteiger partial charge in [0, 0.05) is 44.6 Å². The van der Waals surface area contributed by atoms with Gasteiger partial charge in [-0.3, -0.25) is 14.4 Å². The Hall–Kier alpha value is -3.42. The van der Waals surface area contributed by atoms with Crippen molar-refractivity contribution < 1.29 is 18.8 Å². The topological polar surface area (TPSA) is 81.8 Å². The first-order valence-corrected chi connectivity index (χ1v) is 10.5. The molecular weight excluding hydrogens is 399 g/mol. The van der Waals surface area contributed by atoms with Gasteiger partial charge in [0.2, 0.25) is 11.8 Å². The van der Waals surface area contributed by atoms with Gasteiger partial charge in [-0.15, -0.1) is 0 Å². The van der Waals surface area contributed by atoms with Gasteiger partial charge >= 0.3 is 0 Å². The molecule has 1 spiro atoms. The Morgan fingerprint density at radius 1 is 1.00 bits per heavy atom. The molecule has 2 aromatic rings. The molecule has 5 rings (SSSR count). The van der Waals surface area contributed by atoms with Gasteiger partial charge in [-0.1, -0.05) is 24.3 Å². The maximum Gasteiger partial charge on any atom is 0.255 e. The van der Waals surface area contributed by atoms with Crippen molar-refractivity contribution in [3.8, 4) is 0 Å². The normalized spacial score (nSPS) is 22.2. The van der Waals surface area contributed by atoms with Crippen LogP contribution in [0.15, 0.2) is 48.5 Å². The van der Waals surface area contributed by atoms with Gasteiger partial charge in [0.1, 0.15) is 11.5 Å². The third-order valence-electron chi connectivity index (χ3n) is 6.44. The molecule has 2 aromatic carbocycles. The van der Waals surface area contributed by atoms with Gasteiger partial charge in [0.05, 0.1) is 17.2 Å². The van der Waals surface area contributed by atoms with Crippen LogP contribution in [0.2, 0.25) is 0 Å². The van der Waals surface area contributed by atoms with Crippen molar-refractivity contribution in [2.75, 3.05) is 29.9 Å². The first kappa shape index (κ1) is 19.5. The van der Waals surface area contributed by atoms with Gasteiger partial charge in [-0.05, 0) is 24.3 Å². The smallest absolute Gasteiger partial charge is 0.255 e. The maximum atomic E-state index is 14.1. The number of nitrogens with zero attached hydrogens (tertiary/aromatic N) is 2. The number of rotatable bonds is 2. The zero-order valence-electron chi connectivity index (χ0n) is 16.9. The van der Waals surface area contributed by atoms with Crippen LogP contribution in [0, 0.1) is 11.7 Å². The summed E-state index contributed by atoms with van der Waals surface area (Å²) in [6.07, 6.45) is 1.21. The summed E-state index contributed by atoms with van der Waals surface area (Å²) in [6, 6.07) is 13.5. The molecule has 0 bridgehead atoms. The van der Waals surface area contributed by atoms with Crippen molar-refractivity contribution in [3.05, 3.63) is 59.9 Å². The van der Waals surface area contributed by atoms with E-state index in [0.29, 0.717) is 31.5 Å². The van der Waals surface area contributed by atoms with E-state index in [0.717, 1.165) is 5.69 Å². The summed E-state index contributed by atoms with van der Waals surface area (Å²) in [5.74, 6) is -1.41. The molecule has 2 fully saturated rings. The zero-order chi connectivity index (χ0) is 21.6. The first-order valence-electron chi connectivity index (χ1n) is 10.5. The van der Waals surface area contributed by atoms with E-state index in [9.17, 15) is 18.8 Å². The highest BCUT2D eigenvalue weighted by Crippen LogP contribution is 2.33. The van der Waals surface area contributed by atoms with Crippen LogP contribution in [-0.4, -0.2) is 47.9 Å². The number of hydrogen-bond donors (Lipinski definition) is 2. The maximum absolute atomic E-state index is 14.1. The van der Waals surface area contributed by atoms with Crippen LogP contribution < -0.4 is 15.5 Å². The number of carbonyl (C=O) groups is 3. The standard InChI is InChI=1S/C23H23FN4O3/c24-17-6-2-4-8-19(17)28-14-15(13-20(28)29)22(31)27-11-9-23(10-12-27)25-18-7-3-1-5-16(18)21(30)26-23/h1-8,15,25H,9-14H2,(H,26,30)/t15-/m1/s1. The summed E-state index contributed by atoms with van der Waals surface area (Å²) < 4.78 is 14.1. The molecule has 3 amide bonds. The molecule has 0 aliphatic carbocycles. The minimum Gasteiger partial charge on any atom is -0.362 e. The SMILES string of the molecule is O=C1NC2(CCN(C(=O)[C@@H]3CC(=O)N(c4ccccc4F)C3)CC2)Nc2ccccc21. The summed E-state index contributed by atoms with van der Waals surface area (Å²) in [4.78, 5) is 41.2. The van der Waals surface area contributed by atoms with Crippen LogP contribution in [0.5, 0.6) is 0 Å². The monoisotopic (exact) mass is 422 g/mol. The predicted molar refractivity (Wildman–Crippen MR) is 113 cm³/mol. The Labute approximate surface area is 179 Å². The number of halogens is 1. The van der Waals surface area contributed by atoms with Crippen LogP contribution in [-0.2, 0) is 9.59 Å². The van der Waals surface area contributed by atoms with E-state index in [1.807, 2.05) is 18.2 Å². The highest BCUT2D eigenvalue weighted by atomic mass is 19.1. The minimum atomic E-state index is -0.576. The van der Waals surface area contributed by atoms with Crippen LogP contribution in [0.3, 0.4) is 0 Å². The number of hydrogen-bond acceptors (Lipinski definition) is 4. The summed E-state index contributed by atoms with van der Waals surface area (Å²) in [5.41, 5.74) is 1.05. The third-order valence-corrected chi connectivity index (χ3v) is 6.44. The predicted octanol–water partition coefficient (Wildman–Crippen LogP) is 2.35. The lowest BCUT2D eigenvalue weighted by Crippen LogP contribution is -2.63. The van der Waals surface area contributed by atoms with Crippen LogP contribution in [0.25, 0.3) is 0 Å². The molecule has 3 heterocycles. The van der Waals surface area contributed by atoms with E-state index in [1.54, 1.807) is 29.2 Å². The number of nitrogens with one attached hydrogen (secondary N) is 2. The second kappa shape index (κ2) is 7.37. The number of likely N-dealkylation sites (tertiary alicyclic amines) is 1. The van der Waals surface area contributed by atoms with E-state index in [2.05, 4.69) is 10.6 Å². The fourth-order valence-corrected chi connectivity index (χ4v) is 4.76. The Morgan fingerprint density at radius 3 is 2.48 bits per heavy atom. The van der Waals surface area contributed by atoms with Gasteiger partial charge in [0.25, 0.3) is 5.91 Å². The molecule has 3 aliphatic rings. The summed E-state index contributed by atoms with van der Waals surface area (Å²) in [7, 11) is 0. The van der Waals surface area contributed by atoms with Crippen molar-refractivity contribution in [2.45, 2.75) is 24.9 Å². The molecule has 31 heavy (non-hydrogen) atoms. The molecule has 0 unspecified atom stereocenters. The lowest BCUT2D eigenvalue weighted by Gasteiger charge is -2.46. The quantitative estimate of drug-likeness (QED) is 0.779. The molecule has 2 N–H and O–H groups in total. The van der Waals surface area contributed by atoms with Gasteiger partial charge in [-0.2, -0.15) is 0 Å². The molecule has 7 nitrogen and oxygen atoms in total. The van der Waals surface area contributed by atoms with E-state index >= 15 is 0 Å². The van der Waals surface area contributed by atoms with Gasteiger partial charge in [-0.25, -0.2) is 4.39 Å². The largest absolute Gasteiger partial charge is 0.362 e. The Bertz CT molecular complexity index is 1060. The molecule has 0 aromatic heterocycles. The van der Waals surface area contributed by atoms with Crippen LogP contribution in [0.1, 0.15) is 29.6 Å². The van der Waals surface area contributed by atoms with Crippen LogP contribution >= 0.6 is 0 Å². The molecule has 0 saturated carbocycles. The van der Waals surface area contributed by atoms with E-state index in [-0.39, 0.29) is 36.4 Å². The Kier molecular flexibility index (Phi) is 4.64. The number of piperidine rings is 1. The highest BCUT2D eigenvalue weighted by Gasteiger charge is 2.43. The third kappa shape index (κ3) is 3.41. The highest BCUT2D eigenvalue weighted by molar-refractivity contribution is 6.02. The molecule has 8 heteroatoms. The fraction of sp³-hybridized carbons (Fsp3) is 0.348. The average Bonchev–Trinajstić information content (AvgIpc) is 3.15. The van der Waals surface area contributed by atoms with E-state index in [1.165, 1.54) is 11.0 Å². The second-order valence-corrected chi connectivity index (χ2v) is 8.39.